The van der Waals surface area contributed by atoms with Crippen molar-refractivity contribution in [2.24, 2.45) is 11.8 Å². The topological polar surface area (TPSA) is 17.1 Å². The van der Waals surface area contributed by atoms with E-state index >= 15 is 0 Å². The molecular formula is C12H18O. The van der Waals surface area contributed by atoms with Crippen LogP contribution >= 0.6 is 0 Å². The third kappa shape index (κ3) is 1.56. The molecule has 1 nitrogen and oxygen atoms in total. The first-order chi connectivity index (χ1) is 6.33. The minimum Gasteiger partial charge on any atom is -0.299 e. The van der Waals surface area contributed by atoms with Crippen LogP contribution in [0.3, 0.4) is 0 Å². The summed E-state index contributed by atoms with van der Waals surface area (Å²) in [6.45, 7) is 2.22. The fourth-order valence-electron chi connectivity index (χ4n) is 2.72. The molecule has 0 aromatic rings. The Hall–Kier alpha value is -0.590. The number of carbonyl (C=O) groups excluding carboxylic acids is 1. The lowest BCUT2D eigenvalue weighted by atomic mass is 10.00. The van der Waals surface area contributed by atoms with E-state index < -0.39 is 0 Å². The van der Waals surface area contributed by atoms with Gasteiger partial charge in [-0.1, -0.05) is 31.4 Å². The van der Waals surface area contributed by atoms with Gasteiger partial charge in [0.05, 0.1) is 0 Å². The molecule has 2 aliphatic rings. The van der Waals surface area contributed by atoms with Gasteiger partial charge in [-0.25, -0.2) is 0 Å². The average molecular weight is 178 g/mol. The average Bonchev–Trinajstić information content (AvgIpc) is 2.62. The first-order valence-corrected chi connectivity index (χ1v) is 5.55. The Balaban J connectivity index is 2.00. The van der Waals surface area contributed by atoms with Crippen molar-refractivity contribution < 1.29 is 4.79 Å². The predicted octanol–water partition coefficient (Wildman–Crippen LogP) is 3.10. The molecule has 2 aliphatic carbocycles. The SMILES string of the molecule is CCCCC=C1C2CCC1C(=O)C2. The van der Waals surface area contributed by atoms with Crippen LogP contribution in [0.25, 0.3) is 0 Å². The van der Waals surface area contributed by atoms with E-state index in [0.717, 1.165) is 12.8 Å². The lowest BCUT2D eigenvalue weighted by Gasteiger charge is -2.03. The summed E-state index contributed by atoms with van der Waals surface area (Å²) in [6, 6.07) is 0. The van der Waals surface area contributed by atoms with Gasteiger partial charge in [-0.15, -0.1) is 0 Å². The zero-order valence-corrected chi connectivity index (χ0v) is 8.38. The van der Waals surface area contributed by atoms with Gasteiger partial charge in [0.1, 0.15) is 5.78 Å². The van der Waals surface area contributed by atoms with Gasteiger partial charge in [0.25, 0.3) is 0 Å². The molecule has 1 heteroatoms. The van der Waals surface area contributed by atoms with Crippen molar-refractivity contribution in [2.75, 3.05) is 0 Å². The quantitative estimate of drug-likeness (QED) is 0.479. The maximum atomic E-state index is 11.4. The summed E-state index contributed by atoms with van der Waals surface area (Å²) >= 11 is 0. The highest BCUT2D eigenvalue weighted by Gasteiger charge is 2.42. The Labute approximate surface area is 80.2 Å². The van der Waals surface area contributed by atoms with Gasteiger partial charge < -0.3 is 0 Å². The minimum atomic E-state index is 0.349. The molecule has 0 radical (unpaired) electrons. The fraction of sp³-hybridized carbons (Fsp3) is 0.750. The molecule has 0 heterocycles. The molecule has 0 aromatic carbocycles. The number of rotatable bonds is 3. The molecule has 2 unspecified atom stereocenters. The Bertz CT molecular complexity index is 240. The number of ketones is 1. The maximum Gasteiger partial charge on any atom is 0.140 e. The summed E-state index contributed by atoms with van der Waals surface area (Å²) in [7, 11) is 0. The molecule has 2 rings (SSSR count). The fourth-order valence-corrected chi connectivity index (χ4v) is 2.72. The smallest absolute Gasteiger partial charge is 0.140 e. The molecule has 13 heavy (non-hydrogen) atoms. The van der Waals surface area contributed by atoms with Crippen molar-refractivity contribution in [3.05, 3.63) is 11.6 Å². The lowest BCUT2D eigenvalue weighted by Crippen LogP contribution is -2.07. The van der Waals surface area contributed by atoms with E-state index in [2.05, 4.69) is 13.0 Å². The molecule has 2 bridgehead atoms. The van der Waals surface area contributed by atoms with Gasteiger partial charge in [-0.05, 0) is 25.2 Å². The Morgan fingerprint density at radius 3 is 2.85 bits per heavy atom. The van der Waals surface area contributed by atoms with Crippen LogP contribution in [-0.2, 0) is 4.79 Å². The normalized spacial score (nSPS) is 34.8. The van der Waals surface area contributed by atoms with Crippen LogP contribution in [0.4, 0.5) is 0 Å². The van der Waals surface area contributed by atoms with Crippen molar-refractivity contribution in [1.29, 1.82) is 0 Å². The monoisotopic (exact) mass is 178 g/mol. The van der Waals surface area contributed by atoms with E-state index in [1.165, 1.54) is 31.3 Å². The Morgan fingerprint density at radius 2 is 2.31 bits per heavy atom. The van der Waals surface area contributed by atoms with Gasteiger partial charge in [-0.3, -0.25) is 4.79 Å². The molecule has 0 amide bonds. The first kappa shape index (κ1) is 8.98. The van der Waals surface area contributed by atoms with Crippen LogP contribution in [0.2, 0.25) is 0 Å². The molecule has 0 aliphatic heterocycles. The van der Waals surface area contributed by atoms with E-state index in [-0.39, 0.29) is 0 Å². The number of allylic oxidation sites excluding steroid dienone is 2. The van der Waals surface area contributed by atoms with E-state index in [0.29, 0.717) is 17.6 Å². The number of Topliss-reactive ketones (excluding diaryl/α,β-unsaturated/α-hetero) is 1. The van der Waals surface area contributed by atoms with Crippen molar-refractivity contribution >= 4 is 5.78 Å². The van der Waals surface area contributed by atoms with Crippen LogP contribution in [0.5, 0.6) is 0 Å². The molecule has 0 aromatic heterocycles. The van der Waals surface area contributed by atoms with Crippen LogP contribution in [0, 0.1) is 11.8 Å². The van der Waals surface area contributed by atoms with Crippen LogP contribution in [0.15, 0.2) is 11.6 Å². The summed E-state index contributed by atoms with van der Waals surface area (Å²) in [5, 5.41) is 0. The molecule has 2 fully saturated rings. The second-order valence-electron chi connectivity index (χ2n) is 4.34. The number of unbranched alkanes of at least 4 members (excludes halogenated alkanes) is 2. The highest BCUT2D eigenvalue weighted by atomic mass is 16.1. The Morgan fingerprint density at radius 1 is 1.46 bits per heavy atom. The van der Waals surface area contributed by atoms with Crippen LogP contribution in [-0.4, -0.2) is 5.78 Å². The zero-order chi connectivity index (χ0) is 9.26. The number of carbonyl (C=O) groups is 1. The van der Waals surface area contributed by atoms with E-state index in [4.69, 9.17) is 0 Å². The number of fused-ring (bicyclic) bond motifs is 2. The summed E-state index contributed by atoms with van der Waals surface area (Å²) in [5.74, 6) is 1.51. The Kier molecular flexibility index (Phi) is 2.52. The van der Waals surface area contributed by atoms with E-state index in [1.807, 2.05) is 0 Å². The number of hydrogen-bond acceptors (Lipinski definition) is 1. The molecule has 2 saturated carbocycles. The van der Waals surface area contributed by atoms with Gasteiger partial charge in [-0.2, -0.15) is 0 Å². The third-order valence-corrected chi connectivity index (χ3v) is 3.45. The molecular weight excluding hydrogens is 160 g/mol. The lowest BCUT2D eigenvalue weighted by molar-refractivity contribution is -0.121. The predicted molar refractivity (Wildman–Crippen MR) is 53.4 cm³/mol. The second-order valence-corrected chi connectivity index (χ2v) is 4.34. The van der Waals surface area contributed by atoms with Crippen LogP contribution < -0.4 is 0 Å². The van der Waals surface area contributed by atoms with Crippen LogP contribution in [0.1, 0.15) is 45.4 Å². The molecule has 2 atom stereocenters. The largest absolute Gasteiger partial charge is 0.299 e. The minimum absolute atomic E-state index is 0.349. The van der Waals surface area contributed by atoms with E-state index in [1.54, 1.807) is 0 Å². The van der Waals surface area contributed by atoms with Gasteiger partial charge in [0.15, 0.2) is 0 Å². The van der Waals surface area contributed by atoms with E-state index in [9.17, 15) is 4.79 Å². The van der Waals surface area contributed by atoms with Gasteiger partial charge >= 0.3 is 0 Å². The van der Waals surface area contributed by atoms with Gasteiger partial charge in [0.2, 0.25) is 0 Å². The highest BCUT2D eigenvalue weighted by Crippen LogP contribution is 2.46. The van der Waals surface area contributed by atoms with Crippen molar-refractivity contribution in [3.8, 4) is 0 Å². The molecule has 0 N–H and O–H groups in total. The third-order valence-electron chi connectivity index (χ3n) is 3.45. The number of hydrogen-bond donors (Lipinski definition) is 0. The first-order valence-electron chi connectivity index (χ1n) is 5.55. The van der Waals surface area contributed by atoms with Crippen molar-refractivity contribution in [2.45, 2.75) is 45.4 Å². The molecule has 72 valence electrons. The maximum absolute atomic E-state index is 11.4. The zero-order valence-electron chi connectivity index (χ0n) is 8.38. The van der Waals surface area contributed by atoms with Crippen molar-refractivity contribution in [3.63, 3.8) is 0 Å². The summed E-state index contributed by atoms with van der Waals surface area (Å²) in [4.78, 5) is 11.4. The van der Waals surface area contributed by atoms with Gasteiger partial charge in [0, 0.05) is 12.3 Å². The second kappa shape index (κ2) is 3.65. The highest BCUT2D eigenvalue weighted by molar-refractivity contribution is 5.88. The summed E-state index contributed by atoms with van der Waals surface area (Å²) in [6.07, 6.45) is 9.34. The van der Waals surface area contributed by atoms with Crippen molar-refractivity contribution in [1.82, 2.24) is 0 Å². The standard InChI is InChI=1S/C12H18O/c1-2-3-4-5-10-9-6-7-11(10)12(13)8-9/h5,9,11H,2-4,6-8H2,1H3. The molecule has 0 spiro atoms. The summed E-state index contributed by atoms with van der Waals surface area (Å²) in [5.41, 5.74) is 1.50. The molecule has 0 saturated heterocycles. The summed E-state index contributed by atoms with van der Waals surface area (Å²) < 4.78 is 0.